The van der Waals surface area contributed by atoms with Crippen molar-refractivity contribution >= 4 is 11.9 Å². The monoisotopic (exact) mass is 198 g/mol. The van der Waals surface area contributed by atoms with Crippen LogP contribution in [0.4, 0.5) is 0 Å². The van der Waals surface area contributed by atoms with Crippen LogP contribution < -0.4 is 0 Å². The molecule has 0 aromatic rings. The highest BCUT2D eigenvalue weighted by Gasteiger charge is 2.62. The predicted molar refractivity (Wildman–Crippen MR) is 42.3 cm³/mol. The van der Waals surface area contributed by atoms with Gasteiger partial charge in [-0.15, -0.1) is 0 Å². The number of hydrogen-bond acceptors (Lipinski definition) is 4. The van der Waals surface area contributed by atoms with Gasteiger partial charge in [0.2, 0.25) is 0 Å². The Balaban J connectivity index is 1.91. The van der Waals surface area contributed by atoms with Gasteiger partial charge in [0.25, 0.3) is 0 Å². The first-order valence-electron chi connectivity index (χ1n) is 4.73. The Hall–Kier alpha value is -1.10. The molecule has 5 atom stereocenters. The number of carbonyl (C=O) groups is 2. The highest BCUT2D eigenvalue weighted by molar-refractivity contribution is 5.79. The maximum absolute atomic E-state index is 11.3. The van der Waals surface area contributed by atoms with E-state index in [0.29, 0.717) is 13.0 Å². The van der Waals surface area contributed by atoms with Crippen molar-refractivity contribution in [2.45, 2.75) is 18.6 Å². The third-order valence-electron chi connectivity index (χ3n) is 3.51. The van der Waals surface area contributed by atoms with E-state index in [4.69, 9.17) is 14.6 Å². The van der Waals surface area contributed by atoms with E-state index in [2.05, 4.69) is 0 Å². The quantitative estimate of drug-likeness (QED) is 0.583. The number of carboxylic acids is 1. The molecule has 14 heavy (non-hydrogen) atoms. The van der Waals surface area contributed by atoms with Gasteiger partial charge in [-0.3, -0.25) is 9.59 Å². The topological polar surface area (TPSA) is 72.8 Å². The summed E-state index contributed by atoms with van der Waals surface area (Å²) in [5, 5.41) is 8.91. The van der Waals surface area contributed by atoms with Crippen LogP contribution in [-0.2, 0) is 19.1 Å². The lowest BCUT2D eigenvalue weighted by Crippen LogP contribution is -2.37. The Labute approximate surface area is 80.0 Å². The Kier molecular flexibility index (Phi) is 1.45. The Morgan fingerprint density at radius 1 is 1.50 bits per heavy atom. The van der Waals surface area contributed by atoms with E-state index in [1.807, 2.05) is 0 Å². The van der Waals surface area contributed by atoms with Crippen LogP contribution in [0, 0.1) is 17.8 Å². The third-order valence-corrected chi connectivity index (χ3v) is 3.51. The summed E-state index contributed by atoms with van der Waals surface area (Å²) in [5.74, 6) is -1.89. The van der Waals surface area contributed by atoms with Crippen molar-refractivity contribution in [1.82, 2.24) is 0 Å². The molecule has 0 aromatic heterocycles. The van der Waals surface area contributed by atoms with Crippen molar-refractivity contribution in [1.29, 1.82) is 0 Å². The van der Waals surface area contributed by atoms with Gasteiger partial charge in [0, 0.05) is 5.92 Å². The molecule has 0 saturated carbocycles. The Morgan fingerprint density at radius 2 is 2.29 bits per heavy atom. The highest BCUT2D eigenvalue weighted by Crippen LogP contribution is 2.49. The molecule has 1 N–H and O–H groups in total. The van der Waals surface area contributed by atoms with Gasteiger partial charge < -0.3 is 14.6 Å². The third kappa shape index (κ3) is 0.829. The second kappa shape index (κ2) is 2.48. The van der Waals surface area contributed by atoms with Crippen LogP contribution in [0.5, 0.6) is 0 Å². The van der Waals surface area contributed by atoms with E-state index in [-0.39, 0.29) is 23.9 Å². The van der Waals surface area contributed by atoms with Crippen molar-refractivity contribution in [3.63, 3.8) is 0 Å². The smallest absolute Gasteiger partial charge is 0.312 e. The van der Waals surface area contributed by atoms with Gasteiger partial charge in [-0.05, 0) is 6.42 Å². The number of hydrogen-bond donors (Lipinski definition) is 1. The maximum Gasteiger partial charge on any atom is 0.312 e. The van der Waals surface area contributed by atoms with Crippen LogP contribution in [0.2, 0.25) is 0 Å². The van der Waals surface area contributed by atoms with Crippen molar-refractivity contribution in [3.05, 3.63) is 0 Å². The van der Waals surface area contributed by atoms with E-state index in [9.17, 15) is 9.59 Å². The first kappa shape index (κ1) is 8.23. The molecule has 3 heterocycles. The zero-order chi connectivity index (χ0) is 9.87. The van der Waals surface area contributed by atoms with Crippen LogP contribution >= 0.6 is 0 Å². The fourth-order valence-corrected chi connectivity index (χ4v) is 2.86. The fourth-order valence-electron chi connectivity index (χ4n) is 2.86. The summed E-state index contributed by atoms with van der Waals surface area (Å²) in [4.78, 5) is 22.2. The van der Waals surface area contributed by atoms with E-state index in [1.165, 1.54) is 0 Å². The van der Waals surface area contributed by atoms with Crippen molar-refractivity contribution in [2.75, 3.05) is 6.61 Å². The molecule has 5 heteroatoms. The van der Waals surface area contributed by atoms with E-state index in [0.717, 1.165) is 0 Å². The average Bonchev–Trinajstić information content (AvgIpc) is 2.75. The number of ether oxygens (including phenoxy) is 2. The number of fused-ring (bicyclic) bond motifs is 5. The van der Waals surface area contributed by atoms with Crippen LogP contribution in [0.15, 0.2) is 0 Å². The summed E-state index contributed by atoms with van der Waals surface area (Å²) in [6.45, 7) is 0.400. The highest BCUT2D eigenvalue weighted by atomic mass is 16.6. The van der Waals surface area contributed by atoms with Gasteiger partial charge >= 0.3 is 11.9 Å². The van der Waals surface area contributed by atoms with Gasteiger partial charge in [-0.1, -0.05) is 0 Å². The molecule has 3 fully saturated rings. The molecule has 2 bridgehead atoms. The molecule has 0 amide bonds. The lowest BCUT2D eigenvalue weighted by molar-refractivity contribution is -0.148. The van der Waals surface area contributed by atoms with Crippen LogP contribution in [0.25, 0.3) is 0 Å². The summed E-state index contributed by atoms with van der Waals surface area (Å²) in [6.07, 6.45) is -0.00676. The Morgan fingerprint density at radius 3 is 3.00 bits per heavy atom. The van der Waals surface area contributed by atoms with E-state index in [1.54, 1.807) is 0 Å². The summed E-state index contributed by atoms with van der Waals surface area (Å²) in [5.41, 5.74) is 0. The van der Waals surface area contributed by atoms with Crippen LogP contribution in [-0.4, -0.2) is 35.9 Å². The molecule has 3 aliphatic heterocycles. The summed E-state index contributed by atoms with van der Waals surface area (Å²) in [7, 11) is 0. The number of carbonyl (C=O) groups excluding carboxylic acids is 1. The largest absolute Gasteiger partial charge is 0.481 e. The molecule has 3 saturated heterocycles. The predicted octanol–water partition coefficient (Wildman–Crippen LogP) is -0.353. The Bertz CT molecular complexity index is 312. The van der Waals surface area contributed by atoms with Crippen molar-refractivity contribution in [3.8, 4) is 0 Å². The minimum Gasteiger partial charge on any atom is -0.481 e. The lowest BCUT2D eigenvalue weighted by Gasteiger charge is -2.21. The molecule has 76 valence electrons. The van der Waals surface area contributed by atoms with Gasteiger partial charge in [0.1, 0.15) is 0 Å². The minimum absolute atomic E-state index is 0.0856. The number of carboxylic acid groups (broad SMARTS) is 1. The van der Waals surface area contributed by atoms with Gasteiger partial charge in [0.05, 0.1) is 30.7 Å². The number of cyclic esters (lactones) is 1. The van der Waals surface area contributed by atoms with E-state index < -0.39 is 18.0 Å². The fraction of sp³-hybridized carbons (Fsp3) is 0.778. The van der Waals surface area contributed by atoms with Crippen LogP contribution in [0.3, 0.4) is 0 Å². The number of aliphatic carboxylic acids is 1. The zero-order valence-electron chi connectivity index (χ0n) is 7.38. The van der Waals surface area contributed by atoms with Crippen molar-refractivity contribution in [2.24, 2.45) is 17.8 Å². The van der Waals surface area contributed by atoms with E-state index >= 15 is 0 Å². The second-order valence-corrected chi connectivity index (χ2v) is 4.14. The summed E-state index contributed by atoms with van der Waals surface area (Å²) >= 11 is 0. The van der Waals surface area contributed by atoms with Gasteiger partial charge in [-0.2, -0.15) is 0 Å². The lowest BCUT2D eigenvalue weighted by atomic mass is 9.75. The van der Waals surface area contributed by atoms with Gasteiger partial charge in [0.15, 0.2) is 0 Å². The number of rotatable bonds is 1. The standard InChI is InChI=1S/C9H10O5/c10-8(11)3-1-5-4-2-13-9(12)6(4)7(3)14-5/h3-7H,1-2H2,(H,10,11). The number of esters is 1. The molecular weight excluding hydrogens is 188 g/mol. The second-order valence-electron chi connectivity index (χ2n) is 4.14. The molecule has 0 spiro atoms. The molecular formula is C9H10O5. The first-order chi connectivity index (χ1) is 6.68. The average molecular weight is 198 g/mol. The molecule has 5 unspecified atom stereocenters. The molecule has 0 aliphatic carbocycles. The zero-order valence-corrected chi connectivity index (χ0v) is 7.38. The SMILES string of the molecule is O=C(O)C1CC2OC1C1C(=O)OCC21. The molecule has 5 nitrogen and oxygen atoms in total. The minimum atomic E-state index is -0.865. The molecule has 0 radical (unpaired) electrons. The first-order valence-corrected chi connectivity index (χ1v) is 4.73. The maximum atomic E-state index is 11.3. The molecule has 3 rings (SSSR count). The molecule has 3 aliphatic rings. The summed E-state index contributed by atoms with van der Waals surface area (Å²) in [6, 6.07) is 0. The van der Waals surface area contributed by atoms with Crippen molar-refractivity contribution < 1.29 is 24.2 Å². The summed E-state index contributed by atoms with van der Waals surface area (Å²) < 4.78 is 10.4. The molecule has 0 aromatic carbocycles. The van der Waals surface area contributed by atoms with Gasteiger partial charge in [-0.25, -0.2) is 0 Å². The normalized spacial score (nSPS) is 49.1. The van der Waals surface area contributed by atoms with Crippen LogP contribution in [0.1, 0.15) is 6.42 Å².